The molecule has 1 nitrogen and oxygen atoms in total. The normalized spacial score (nSPS) is 11.8. The Morgan fingerprint density at radius 3 is 2.00 bits per heavy atom. The third kappa shape index (κ3) is 7.33. The lowest BCUT2D eigenvalue weighted by Gasteiger charge is -2.02. The molecule has 0 N–H and O–H groups in total. The first-order chi connectivity index (χ1) is 6.11. The van der Waals surface area contributed by atoms with Crippen molar-refractivity contribution >= 4 is 0 Å². The van der Waals surface area contributed by atoms with Crippen LogP contribution < -0.4 is 0 Å². The van der Waals surface area contributed by atoms with Gasteiger partial charge in [0.25, 0.3) is 0 Å². The largest absolute Gasteiger partial charge is 0.192 e. The van der Waals surface area contributed by atoms with Crippen LogP contribution in [0.4, 0.5) is 0 Å². The van der Waals surface area contributed by atoms with Gasteiger partial charge in [0.15, 0.2) is 0 Å². The van der Waals surface area contributed by atoms with Crippen LogP contribution in [0.5, 0.6) is 0 Å². The van der Waals surface area contributed by atoms with E-state index in [1.807, 2.05) is 39.8 Å². The molecule has 0 aromatic carbocycles. The molecule has 0 atom stereocenters. The van der Waals surface area contributed by atoms with E-state index in [-0.39, 0.29) is 0 Å². The van der Waals surface area contributed by atoms with Gasteiger partial charge in [0.05, 0.1) is 6.07 Å². The average molecular weight is 179 g/mol. The summed E-state index contributed by atoms with van der Waals surface area (Å²) in [5.41, 5.74) is 2.00. The number of allylic oxidation sites excluding steroid dienone is 4. The second-order valence-corrected chi connectivity index (χ2v) is 2.90. The Morgan fingerprint density at radius 2 is 1.77 bits per heavy atom. The van der Waals surface area contributed by atoms with Crippen molar-refractivity contribution in [2.24, 2.45) is 5.92 Å². The lowest BCUT2D eigenvalue weighted by atomic mass is 10.0. The number of hydrogen-bond acceptors (Lipinski definition) is 1. The maximum Gasteiger partial charge on any atom is 0.0988 e. The summed E-state index contributed by atoms with van der Waals surface area (Å²) in [5, 5.41) is 8.59. The Kier molecular flexibility index (Phi) is 10.1. The second-order valence-electron chi connectivity index (χ2n) is 2.90. The standard InChI is InChI=1S/C10H15N.C2H6/c1-5-10(7-11)6-9(4)8(2)3;1-2/h5-6,8H,1-4H3;1-2H3/b9-6+,10-5+;. The summed E-state index contributed by atoms with van der Waals surface area (Å²) in [6.07, 6.45) is 3.76. The Hall–Kier alpha value is -1.03. The number of hydrogen-bond donors (Lipinski definition) is 0. The number of nitrogens with zero attached hydrogens (tertiary/aromatic N) is 1. The summed E-state index contributed by atoms with van der Waals surface area (Å²) in [6, 6.07) is 2.12. The first-order valence-electron chi connectivity index (χ1n) is 4.86. The van der Waals surface area contributed by atoms with Crippen LogP contribution >= 0.6 is 0 Å². The maximum absolute atomic E-state index is 8.59. The van der Waals surface area contributed by atoms with E-state index in [4.69, 9.17) is 5.26 Å². The maximum atomic E-state index is 8.59. The van der Waals surface area contributed by atoms with Crippen molar-refractivity contribution in [3.05, 3.63) is 23.3 Å². The Bertz CT molecular complexity index is 214. The predicted octanol–water partition coefficient (Wildman–Crippen LogP) is 4.08. The molecule has 0 bridgehead atoms. The average Bonchev–Trinajstić information content (AvgIpc) is 2.16. The van der Waals surface area contributed by atoms with E-state index >= 15 is 0 Å². The Labute approximate surface area is 82.8 Å². The molecular weight excluding hydrogens is 158 g/mol. The van der Waals surface area contributed by atoms with Crippen molar-refractivity contribution in [3.63, 3.8) is 0 Å². The molecule has 0 amide bonds. The second kappa shape index (κ2) is 9.06. The highest BCUT2D eigenvalue weighted by Crippen LogP contribution is 2.10. The zero-order valence-electron chi connectivity index (χ0n) is 9.68. The first kappa shape index (κ1) is 14.5. The van der Waals surface area contributed by atoms with E-state index in [0.717, 1.165) is 5.57 Å². The smallest absolute Gasteiger partial charge is 0.0988 e. The van der Waals surface area contributed by atoms with E-state index in [1.54, 1.807) is 0 Å². The van der Waals surface area contributed by atoms with E-state index in [2.05, 4.69) is 19.9 Å². The number of nitriles is 1. The lowest BCUT2D eigenvalue weighted by Crippen LogP contribution is -1.88. The van der Waals surface area contributed by atoms with Crippen molar-refractivity contribution in [2.75, 3.05) is 0 Å². The first-order valence-corrected chi connectivity index (χ1v) is 4.86. The minimum absolute atomic E-state index is 0.526. The van der Waals surface area contributed by atoms with E-state index in [9.17, 15) is 0 Å². The SMILES string of the molecule is C/C=C(C#N)\C=C(/C)C(C)C.CC. The van der Waals surface area contributed by atoms with Gasteiger partial charge >= 0.3 is 0 Å². The summed E-state index contributed by atoms with van der Waals surface area (Å²) < 4.78 is 0. The molecule has 0 aromatic rings. The molecule has 0 fully saturated rings. The van der Waals surface area contributed by atoms with Crippen molar-refractivity contribution < 1.29 is 0 Å². The fourth-order valence-electron chi connectivity index (χ4n) is 0.592. The van der Waals surface area contributed by atoms with Crippen LogP contribution in [0.3, 0.4) is 0 Å². The highest BCUT2D eigenvalue weighted by atomic mass is 14.2. The van der Waals surface area contributed by atoms with E-state index in [1.165, 1.54) is 5.57 Å². The summed E-state index contributed by atoms with van der Waals surface area (Å²) in [4.78, 5) is 0. The van der Waals surface area contributed by atoms with Crippen LogP contribution in [0.2, 0.25) is 0 Å². The van der Waals surface area contributed by atoms with Gasteiger partial charge in [0.1, 0.15) is 0 Å². The van der Waals surface area contributed by atoms with E-state index in [0.29, 0.717) is 5.92 Å². The van der Waals surface area contributed by atoms with Gasteiger partial charge in [-0.05, 0) is 25.8 Å². The van der Waals surface area contributed by atoms with Crippen molar-refractivity contribution in [2.45, 2.75) is 41.5 Å². The Balaban J connectivity index is 0. The van der Waals surface area contributed by atoms with Crippen LogP contribution in [0.25, 0.3) is 0 Å². The topological polar surface area (TPSA) is 23.8 Å². The third-order valence-electron chi connectivity index (χ3n) is 1.73. The van der Waals surface area contributed by atoms with Crippen LogP contribution in [-0.2, 0) is 0 Å². The molecule has 0 radical (unpaired) electrons. The highest BCUT2D eigenvalue weighted by Gasteiger charge is 1.96. The van der Waals surface area contributed by atoms with Gasteiger partial charge in [-0.15, -0.1) is 0 Å². The van der Waals surface area contributed by atoms with Crippen molar-refractivity contribution in [1.29, 1.82) is 5.26 Å². The predicted molar refractivity (Wildman–Crippen MR) is 59.3 cm³/mol. The molecule has 0 aromatic heterocycles. The molecule has 0 aliphatic carbocycles. The molecule has 1 heteroatoms. The number of rotatable bonds is 2. The van der Waals surface area contributed by atoms with Crippen molar-refractivity contribution in [3.8, 4) is 6.07 Å². The van der Waals surface area contributed by atoms with E-state index < -0.39 is 0 Å². The van der Waals surface area contributed by atoms with Gasteiger partial charge < -0.3 is 0 Å². The minimum atomic E-state index is 0.526. The molecule has 0 spiro atoms. The van der Waals surface area contributed by atoms with Crippen LogP contribution in [-0.4, -0.2) is 0 Å². The fraction of sp³-hybridized carbons (Fsp3) is 0.583. The molecule has 0 saturated carbocycles. The Morgan fingerprint density at radius 1 is 1.31 bits per heavy atom. The summed E-state index contributed by atoms with van der Waals surface area (Å²) >= 11 is 0. The molecule has 0 aliphatic heterocycles. The molecule has 0 heterocycles. The van der Waals surface area contributed by atoms with Crippen LogP contribution in [0.15, 0.2) is 23.3 Å². The molecule has 13 heavy (non-hydrogen) atoms. The van der Waals surface area contributed by atoms with Gasteiger partial charge in [-0.25, -0.2) is 0 Å². The molecule has 0 unspecified atom stereocenters. The quantitative estimate of drug-likeness (QED) is 0.463. The lowest BCUT2D eigenvalue weighted by molar-refractivity contribution is 0.769. The molecule has 0 rings (SSSR count). The van der Waals surface area contributed by atoms with Gasteiger partial charge in [-0.3, -0.25) is 0 Å². The third-order valence-corrected chi connectivity index (χ3v) is 1.73. The molecule has 74 valence electrons. The molecule has 0 saturated heterocycles. The monoisotopic (exact) mass is 179 g/mol. The molecule has 0 aliphatic rings. The van der Waals surface area contributed by atoms with Gasteiger partial charge in [0, 0.05) is 5.57 Å². The van der Waals surface area contributed by atoms with Gasteiger partial charge in [-0.2, -0.15) is 5.26 Å². The highest BCUT2D eigenvalue weighted by molar-refractivity contribution is 5.34. The van der Waals surface area contributed by atoms with Crippen LogP contribution in [0, 0.1) is 17.2 Å². The fourth-order valence-corrected chi connectivity index (χ4v) is 0.592. The zero-order chi connectivity index (χ0) is 10.9. The van der Waals surface area contributed by atoms with Crippen molar-refractivity contribution in [1.82, 2.24) is 0 Å². The zero-order valence-corrected chi connectivity index (χ0v) is 9.68. The summed E-state index contributed by atoms with van der Waals surface area (Å²) in [7, 11) is 0. The molecular formula is C12H21N. The minimum Gasteiger partial charge on any atom is -0.192 e. The van der Waals surface area contributed by atoms with Gasteiger partial charge in [0.2, 0.25) is 0 Å². The van der Waals surface area contributed by atoms with Gasteiger partial charge in [-0.1, -0.05) is 39.3 Å². The van der Waals surface area contributed by atoms with Crippen LogP contribution in [0.1, 0.15) is 41.5 Å². The summed E-state index contributed by atoms with van der Waals surface area (Å²) in [6.45, 7) is 12.2. The summed E-state index contributed by atoms with van der Waals surface area (Å²) in [5.74, 6) is 0.526.